The summed E-state index contributed by atoms with van der Waals surface area (Å²) >= 11 is 0. The maximum absolute atomic E-state index is 5.29. The average molecular weight is 302 g/mol. The molecule has 112 valence electrons. The molecule has 4 rings (SSSR count). The lowest BCUT2D eigenvalue weighted by atomic mass is 10.2. The van der Waals surface area contributed by atoms with Crippen LogP contribution in [0.15, 0.2) is 67.3 Å². The van der Waals surface area contributed by atoms with Gasteiger partial charge in [-0.2, -0.15) is 0 Å². The molecule has 0 atom stereocenters. The number of ether oxygens (including phenoxy) is 1. The van der Waals surface area contributed by atoms with Crippen LogP contribution in [0.4, 0.5) is 0 Å². The molecular formula is C18H14N4O. The molecule has 0 fully saturated rings. The Balaban J connectivity index is 1.85. The highest BCUT2D eigenvalue weighted by Crippen LogP contribution is 2.24. The number of hydrogen-bond acceptors (Lipinski definition) is 4. The van der Waals surface area contributed by atoms with Gasteiger partial charge in [0.2, 0.25) is 0 Å². The van der Waals surface area contributed by atoms with E-state index in [1.54, 1.807) is 19.5 Å². The van der Waals surface area contributed by atoms with Crippen molar-refractivity contribution in [2.24, 2.45) is 0 Å². The van der Waals surface area contributed by atoms with Crippen LogP contribution in [0.1, 0.15) is 0 Å². The molecule has 3 aromatic heterocycles. The Morgan fingerprint density at radius 3 is 2.74 bits per heavy atom. The first kappa shape index (κ1) is 13.5. The standard InChI is InChI=1S/C18H14N4O/c1-23-15-5-6-16-13(11-15)10-14(12-21-16)22-9-8-20-18(22)17-4-2-3-7-19-17/h2-12H,1H3. The molecule has 0 N–H and O–H groups in total. The topological polar surface area (TPSA) is 52.8 Å². The number of imidazole rings is 1. The Kier molecular flexibility index (Phi) is 3.24. The van der Waals surface area contributed by atoms with E-state index in [2.05, 4.69) is 21.0 Å². The molecule has 0 saturated heterocycles. The predicted molar refractivity (Wildman–Crippen MR) is 88.6 cm³/mol. The van der Waals surface area contributed by atoms with E-state index in [1.165, 1.54) is 0 Å². The second-order valence-electron chi connectivity index (χ2n) is 5.09. The first-order valence-electron chi connectivity index (χ1n) is 7.24. The molecule has 0 bridgehead atoms. The van der Waals surface area contributed by atoms with Crippen molar-refractivity contribution in [3.8, 4) is 23.0 Å². The van der Waals surface area contributed by atoms with Crippen molar-refractivity contribution in [1.82, 2.24) is 19.5 Å². The van der Waals surface area contributed by atoms with E-state index in [0.29, 0.717) is 0 Å². The lowest BCUT2D eigenvalue weighted by molar-refractivity contribution is 0.415. The van der Waals surface area contributed by atoms with Crippen LogP contribution in [0.3, 0.4) is 0 Å². The van der Waals surface area contributed by atoms with Crippen LogP contribution >= 0.6 is 0 Å². The Morgan fingerprint density at radius 1 is 0.957 bits per heavy atom. The Bertz CT molecular complexity index is 963. The van der Waals surface area contributed by atoms with E-state index in [9.17, 15) is 0 Å². The van der Waals surface area contributed by atoms with Crippen molar-refractivity contribution in [2.45, 2.75) is 0 Å². The van der Waals surface area contributed by atoms with Crippen molar-refractivity contribution in [3.05, 3.63) is 67.3 Å². The second kappa shape index (κ2) is 5.53. The minimum Gasteiger partial charge on any atom is -0.497 e. The minimum atomic E-state index is 0.787. The Morgan fingerprint density at radius 2 is 1.91 bits per heavy atom. The van der Waals surface area contributed by atoms with Gasteiger partial charge in [-0.3, -0.25) is 14.5 Å². The molecule has 0 saturated carbocycles. The van der Waals surface area contributed by atoms with Gasteiger partial charge < -0.3 is 4.74 Å². The fraction of sp³-hybridized carbons (Fsp3) is 0.0556. The highest BCUT2D eigenvalue weighted by molar-refractivity contribution is 5.82. The van der Waals surface area contributed by atoms with E-state index in [0.717, 1.165) is 33.9 Å². The lowest BCUT2D eigenvalue weighted by Crippen LogP contribution is -1.98. The number of aromatic nitrogens is 4. The summed E-state index contributed by atoms with van der Waals surface area (Å²) in [5.41, 5.74) is 2.68. The minimum absolute atomic E-state index is 0.787. The highest BCUT2D eigenvalue weighted by Gasteiger charge is 2.09. The van der Waals surface area contributed by atoms with E-state index in [4.69, 9.17) is 4.74 Å². The maximum Gasteiger partial charge on any atom is 0.163 e. The quantitative estimate of drug-likeness (QED) is 0.581. The molecule has 0 aliphatic carbocycles. The summed E-state index contributed by atoms with van der Waals surface area (Å²) in [5.74, 6) is 1.60. The zero-order valence-corrected chi connectivity index (χ0v) is 12.5. The van der Waals surface area contributed by atoms with Gasteiger partial charge in [-0.25, -0.2) is 4.98 Å². The van der Waals surface area contributed by atoms with E-state index in [-0.39, 0.29) is 0 Å². The van der Waals surface area contributed by atoms with E-state index >= 15 is 0 Å². The zero-order valence-electron chi connectivity index (χ0n) is 12.5. The first-order valence-corrected chi connectivity index (χ1v) is 7.24. The molecule has 5 nitrogen and oxygen atoms in total. The highest BCUT2D eigenvalue weighted by atomic mass is 16.5. The number of hydrogen-bond donors (Lipinski definition) is 0. The van der Waals surface area contributed by atoms with Gasteiger partial charge >= 0.3 is 0 Å². The molecule has 0 radical (unpaired) electrons. The number of methoxy groups -OCH3 is 1. The summed E-state index contributed by atoms with van der Waals surface area (Å²) < 4.78 is 7.27. The van der Waals surface area contributed by atoms with Crippen molar-refractivity contribution in [1.29, 1.82) is 0 Å². The Hall–Kier alpha value is -3.21. The summed E-state index contributed by atoms with van der Waals surface area (Å²) in [6.45, 7) is 0. The van der Waals surface area contributed by atoms with E-state index < -0.39 is 0 Å². The van der Waals surface area contributed by atoms with Gasteiger partial charge in [0, 0.05) is 24.0 Å². The molecule has 0 aliphatic rings. The smallest absolute Gasteiger partial charge is 0.163 e. The third-order valence-corrected chi connectivity index (χ3v) is 3.69. The van der Waals surface area contributed by atoms with Crippen LogP contribution in [0.5, 0.6) is 5.75 Å². The molecule has 0 aliphatic heterocycles. The molecule has 4 aromatic rings. The first-order chi connectivity index (χ1) is 11.3. The van der Waals surface area contributed by atoms with Crippen LogP contribution in [0, 0.1) is 0 Å². The van der Waals surface area contributed by atoms with Gasteiger partial charge in [0.25, 0.3) is 0 Å². The third kappa shape index (κ3) is 2.42. The fourth-order valence-corrected chi connectivity index (χ4v) is 2.55. The normalized spacial score (nSPS) is 10.8. The summed E-state index contributed by atoms with van der Waals surface area (Å²) in [6.07, 6.45) is 7.27. The van der Waals surface area contributed by atoms with Gasteiger partial charge in [0.15, 0.2) is 5.82 Å². The molecule has 0 amide bonds. The molecule has 0 spiro atoms. The summed E-state index contributed by atoms with van der Waals surface area (Å²) in [6, 6.07) is 13.7. The molecule has 5 heteroatoms. The van der Waals surface area contributed by atoms with Crippen molar-refractivity contribution in [2.75, 3.05) is 7.11 Å². The van der Waals surface area contributed by atoms with Crippen LogP contribution < -0.4 is 4.74 Å². The van der Waals surface area contributed by atoms with Crippen LogP contribution in [0.2, 0.25) is 0 Å². The molecule has 23 heavy (non-hydrogen) atoms. The summed E-state index contributed by atoms with van der Waals surface area (Å²) in [5, 5.41) is 1.02. The van der Waals surface area contributed by atoms with Gasteiger partial charge in [0.1, 0.15) is 11.4 Å². The van der Waals surface area contributed by atoms with Gasteiger partial charge in [-0.1, -0.05) is 6.07 Å². The number of benzene rings is 1. The van der Waals surface area contributed by atoms with Gasteiger partial charge in [-0.05, 0) is 36.4 Å². The molecule has 3 heterocycles. The summed E-state index contributed by atoms with van der Waals surface area (Å²) in [7, 11) is 1.66. The number of fused-ring (bicyclic) bond motifs is 1. The average Bonchev–Trinajstić information content (AvgIpc) is 3.11. The Labute approximate surface area is 133 Å². The zero-order chi connectivity index (χ0) is 15.6. The SMILES string of the molecule is COc1ccc2ncc(-n3ccnc3-c3ccccn3)cc2c1. The largest absolute Gasteiger partial charge is 0.497 e. The van der Waals surface area contributed by atoms with Crippen molar-refractivity contribution < 1.29 is 4.74 Å². The monoisotopic (exact) mass is 302 g/mol. The third-order valence-electron chi connectivity index (χ3n) is 3.69. The van der Waals surface area contributed by atoms with Crippen molar-refractivity contribution in [3.63, 3.8) is 0 Å². The van der Waals surface area contributed by atoms with Gasteiger partial charge in [0.05, 0.1) is 24.5 Å². The van der Waals surface area contributed by atoms with Crippen molar-refractivity contribution >= 4 is 10.9 Å². The fourth-order valence-electron chi connectivity index (χ4n) is 2.55. The van der Waals surface area contributed by atoms with Crippen LogP contribution in [-0.4, -0.2) is 26.6 Å². The summed E-state index contributed by atoms with van der Waals surface area (Å²) in [4.78, 5) is 13.3. The van der Waals surface area contributed by atoms with E-state index in [1.807, 2.05) is 53.4 Å². The van der Waals surface area contributed by atoms with Gasteiger partial charge in [-0.15, -0.1) is 0 Å². The second-order valence-corrected chi connectivity index (χ2v) is 5.09. The number of pyridine rings is 2. The molecule has 1 aromatic carbocycles. The predicted octanol–water partition coefficient (Wildman–Crippen LogP) is 3.49. The maximum atomic E-state index is 5.29. The van der Waals surface area contributed by atoms with Crippen LogP contribution in [0.25, 0.3) is 28.1 Å². The lowest BCUT2D eigenvalue weighted by Gasteiger charge is -2.09. The number of rotatable bonds is 3. The number of nitrogens with zero attached hydrogens (tertiary/aromatic N) is 4. The van der Waals surface area contributed by atoms with Crippen LogP contribution in [-0.2, 0) is 0 Å². The molecule has 0 unspecified atom stereocenters. The molecular weight excluding hydrogens is 288 g/mol.